The average molecular weight is 243 g/mol. The van der Waals surface area contributed by atoms with Crippen LogP contribution < -0.4 is 11.3 Å². The number of nitrogens with one attached hydrogen (secondary N) is 1. The van der Waals surface area contributed by atoms with E-state index in [2.05, 4.69) is 27.3 Å². The maximum absolute atomic E-state index is 5.43. The maximum Gasteiger partial charge on any atom is 0.180 e. The summed E-state index contributed by atoms with van der Waals surface area (Å²) in [4.78, 5) is 13.3. The van der Waals surface area contributed by atoms with Crippen LogP contribution in [0.2, 0.25) is 0 Å². The molecule has 0 saturated heterocycles. The highest BCUT2D eigenvalue weighted by Crippen LogP contribution is 2.20. The Morgan fingerprint density at radius 3 is 2.72 bits per heavy atom. The molecule has 0 atom stereocenters. The molecule has 0 spiro atoms. The van der Waals surface area contributed by atoms with Gasteiger partial charge in [-0.15, -0.1) is 0 Å². The molecule has 0 amide bonds. The minimum Gasteiger partial charge on any atom is -0.308 e. The highest BCUT2D eigenvalue weighted by Gasteiger charge is 2.10. The third-order valence-corrected chi connectivity index (χ3v) is 2.77. The van der Waals surface area contributed by atoms with E-state index in [9.17, 15) is 0 Å². The van der Waals surface area contributed by atoms with Crippen LogP contribution in [0.5, 0.6) is 0 Å². The number of rotatable bonds is 4. The van der Waals surface area contributed by atoms with Crippen molar-refractivity contribution in [2.24, 2.45) is 5.84 Å². The fourth-order valence-electron chi connectivity index (χ4n) is 1.78. The molecule has 0 fully saturated rings. The van der Waals surface area contributed by atoms with Crippen molar-refractivity contribution in [3.05, 3.63) is 35.7 Å². The Morgan fingerprint density at radius 2 is 2.06 bits per heavy atom. The van der Waals surface area contributed by atoms with E-state index >= 15 is 0 Å². The van der Waals surface area contributed by atoms with Crippen molar-refractivity contribution in [1.82, 2.24) is 15.0 Å². The number of hydrogen-bond donors (Lipinski definition) is 2. The number of aromatic nitrogens is 3. The summed E-state index contributed by atoms with van der Waals surface area (Å²) in [5.41, 5.74) is 5.47. The van der Waals surface area contributed by atoms with Gasteiger partial charge in [-0.1, -0.05) is 19.9 Å². The van der Waals surface area contributed by atoms with Crippen LogP contribution in [0.4, 0.5) is 5.82 Å². The van der Waals surface area contributed by atoms with E-state index in [0.717, 1.165) is 29.8 Å². The van der Waals surface area contributed by atoms with Crippen molar-refractivity contribution < 1.29 is 0 Å². The molecule has 0 radical (unpaired) electrons. The Bertz CT molecular complexity index is 516. The fraction of sp³-hybridized carbons (Fsp3) is 0.308. The number of nitrogens with zero attached hydrogens (tertiary/aromatic N) is 3. The topological polar surface area (TPSA) is 76.7 Å². The number of nitrogen functional groups attached to an aromatic ring is 1. The maximum atomic E-state index is 5.43. The normalized spacial score (nSPS) is 10.4. The highest BCUT2D eigenvalue weighted by atomic mass is 15.3. The smallest absolute Gasteiger partial charge is 0.180 e. The predicted octanol–water partition coefficient (Wildman–Crippen LogP) is 1.95. The molecule has 2 rings (SSSR count). The fourth-order valence-corrected chi connectivity index (χ4v) is 1.78. The van der Waals surface area contributed by atoms with Gasteiger partial charge in [0.25, 0.3) is 0 Å². The highest BCUT2D eigenvalue weighted by molar-refractivity contribution is 5.57. The van der Waals surface area contributed by atoms with E-state index < -0.39 is 0 Å². The molecule has 0 unspecified atom stereocenters. The molecular weight excluding hydrogens is 226 g/mol. The zero-order valence-corrected chi connectivity index (χ0v) is 10.6. The Hall–Kier alpha value is -2.01. The Labute approximate surface area is 106 Å². The van der Waals surface area contributed by atoms with Gasteiger partial charge in [0.1, 0.15) is 11.5 Å². The molecule has 0 saturated carbocycles. The zero-order chi connectivity index (χ0) is 13.0. The molecule has 18 heavy (non-hydrogen) atoms. The quantitative estimate of drug-likeness (QED) is 0.634. The second kappa shape index (κ2) is 5.55. The first-order valence-corrected chi connectivity index (χ1v) is 6.07. The Balaban J connectivity index is 2.55. The van der Waals surface area contributed by atoms with Crippen LogP contribution in [0.25, 0.3) is 11.5 Å². The third-order valence-electron chi connectivity index (χ3n) is 2.77. The molecule has 2 aromatic heterocycles. The minimum absolute atomic E-state index is 0.615. The summed E-state index contributed by atoms with van der Waals surface area (Å²) in [6.07, 6.45) is 3.48. The molecule has 3 N–H and O–H groups in total. The number of pyridine rings is 1. The summed E-state index contributed by atoms with van der Waals surface area (Å²) in [6, 6.07) is 5.81. The summed E-state index contributed by atoms with van der Waals surface area (Å²) in [5, 5.41) is 0. The summed E-state index contributed by atoms with van der Waals surface area (Å²) < 4.78 is 0. The zero-order valence-electron chi connectivity index (χ0n) is 10.6. The van der Waals surface area contributed by atoms with Crippen LogP contribution in [0.1, 0.15) is 25.1 Å². The standard InChI is InChI=1S/C13H17N5/c1-3-9-6-5-7-15-12(9)13-16-10(4-2)8-11(17-13)18-14/h5-8H,3-4,14H2,1-2H3,(H,16,17,18). The summed E-state index contributed by atoms with van der Waals surface area (Å²) in [6.45, 7) is 4.14. The minimum atomic E-state index is 0.615. The van der Waals surface area contributed by atoms with Crippen molar-refractivity contribution in [2.45, 2.75) is 26.7 Å². The van der Waals surface area contributed by atoms with E-state index in [1.807, 2.05) is 25.1 Å². The molecule has 0 aromatic carbocycles. The van der Waals surface area contributed by atoms with Crippen LogP contribution in [0, 0.1) is 0 Å². The SMILES string of the molecule is CCc1cc(NN)nc(-c2ncccc2CC)n1. The largest absolute Gasteiger partial charge is 0.308 e. The average Bonchev–Trinajstić information content (AvgIpc) is 2.46. The number of aryl methyl sites for hydroxylation is 2. The van der Waals surface area contributed by atoms with Gasteiger partial charge in [-0.05, 0) is 24.5 Å². The molecule has 2 heterocycles. The molecule has 0 aliphatic carbocycles. The molecule has 0 bridgehead atoms. The van der Waals surface area contributed by atoms with Crippen LogP contribution in [0.3, 0.4) is 0 Å². The molecule has 5 heteroatoms. The van der Waals surface area contributed by atoms with Crippen LogP contribution in [-0.4, -0.2) is 15.0 Å². The van der Waals surface area contributed by atoms with Crippen molar-refractivity contribution in [3.8, 4) is 11.5 Å². The van der Waals surface area contributed by atoms with E-state index in [4.69, 9.17) is 5.84 Å². The lowest BCUT2D eigenvalue weighted by Gasteiger charge is -2.08. The Kier molecular flexibility index (Phi) is 3.84. The molecule has 94 valence electrons. The van der Waals surface area contributed by atoms with Gasteiger partial charge in [-0.3, -0.25) is 4.98 Å². The summed E-state index contributed by atoms with van der Waals surface area (Å²) in [7, 11) is 0. The monoisotopic (exact) mass is 243 g/mol. The molecular formula is C13H17N5. The number of anilines is 1. The lowest BCUT2D eigenvalue weighted by molar-refractivity contribution is 0.985. The first-order valence-electron chi connectivity index (χ1n) is 6.07. The first-order chi connectivity index (χ1) is 8.78. The van der Waals surface area contributed by atoms with E-state index in [0.29, 0.717) is 11.6 Å². The molecule has 0 aliphatic rings. The summed E-state index contributed by atoms with van der Waals surface area (Å²) in [5.74, 6) is 6.67. The van der Waals surface area contributed by atoms with E-state index in [1.165, 1.54) is 0 Å². The van der Waals surface area contributed by atoms with Gasteiger partial charge >= 0.3 is 0 Å². The Morgan fingerprint density at radius 1 is 1.22 bits per heavy atom. The number of nitrogens with two attached hydrogens (primary N) is 1. The lowest BCUT2D eigenvalue weighted by atomic mass is 10.1. The van der Waals surface area contributed by atoms with Gasteiger partial charge in [0.15, 0.2) is 5.82 Å². The second-order valence-electron chi connectivity index (χ2n) is 3.93. The number of hydrazine groups is 1. The van der Waals surface area contributed by atoms with Gasteiger partial charge in [-0.2, -0.15) is 0 Å². The van der Waals surface area contributed by atoms with Gasteiger partial charge < -0.3 is 5.43 Å². The van der Waals surface area contributed by atoms with Crippen LogP contribution in [0.15, 0.2) is 24.4 Å². The van der Waals surface area contributed by atoms with Crippen molar-refractivity contribution in [2.75, 3.05) is 5.43 Å². The van der Waals surface area contributed by atoms with Crippen molar-refractivity contribution in [3.63, 3.8) is 0 Å². The van der Waals surface area contributed by atoms with Crippen molar-refractivity contribution >= 4 is 5.82 Å². The van der Waals surface area contributed by atoms with E-state index in [-0.39, 0.29) is 0 Å². The van der Waals surface area contributed by atoms with Crippen LogP contribution >= 0.6 is 0 Å². The van der Waals surface area contributed by atoms with Gasteiger partial charge in [-0.25, -0.2) is 15.8 Å². The van der Waals surface area contributed by atoms with E-state index in [1.54, 1.807) is 6.20 Å². The van der Waals surface area contributed by atoms with Gasteiger partial charge in [0.2, 0.25) is 0 Å². The molecule has 0 aliphatic heterocycles. The van der Waals surface area contributed by atoms with Crippen molar-refractivity contribution in [1.29, 1.82) is 0 Å². The molecule has 2 aromatic rings. The first kappa shape index (κ1) is 12.4. The third kappa shape index (κ3) is 2.46. The van der Waals surface area contributed by atoms with Crippen LogP contribution in [-0.2, 0) is 12.8 Å². The molecule has 5 nitrogen and oxygen atoms in total. The summed E-state index contributed by atoms with van der Waals surface area (Å²) >= 11 is 0. The number of hydrogen-bond acceptors (Lipinski definition) is 5. The van der Waals surface area contributed by atoms with Gasteiger partial charge in [0, 0.05) is 18.0 Å². The second-order valence-corrected chi connectivity index (χ2v) is 3.93. The van der Waals surface area contributed by atoms with Gasteiger partial charge in [0.05, 0.1) is 0 Å². The predicted molar refractivity (Wildman–Crippen MR) is 71.8 cm³/mol. The lowest BCUT2D eigenvalue weighted by Crippen LogP contribution is -2.11.